The predicted molar refractivity (Wildman–Crippen MR) is 103 cm³/mol. The van der Waals surface area contributed by atoms with Crippen molar-refractivity contribution in [1.29, 1.82) is 0 Å². The minimum atomic E-state index is 0.510. The second-order valence-corrected chi connectivity index (χ2v) is 8.49. The first-order chi connectivity index (χ1) is 11.6. The lowest BCUT2D eigenvalue weighted by atomic mass is 10.1. The highest BCUT2D eigenvalue weighted by Crippen LogP contribution is 2.41. The highest BCUT2D eigenvalue weighted by Gasteiger charge is 2.41. The lowest BCUT2D eigenvalue weighted by molar-refractivity contribution is 0.256. The van der Waals surface area contributed by atoms with E-state index in [1.54, 1.807) is 0 Å². The van der Waals surface area contributed by atoms with Crippen LogP contribution in [0.5, 0.6) is 0 Å². The van der Waals surface area contributed by atoms with E-state index in [0.717, 1.165) is 23.0 Å². The second kappa shape index (κ2) is 6.68. The van der Waals surface area contributed by atoms with Crippen LogP contribution in [0, 0.1) is 0 Å². The lowest BCUT2D eigenvalue weighted by Gasteiger charge is -2.20. The third-order valence-corrected chi connectivity index (χ3v) is 6.14. The third kappa shape index (κ3) is 3.62. The number of rotatable bonds is 4. The molecule has 2 N–H and O–H groups in total. The van der Waals surface area contributed by atoms with E-state index in [9.17, 15) is 0 Å². The maximum absolute atomic E-state index is 4.45. The van der Waals surface area contributed by atoms with E-state index in [1.165, 1.54) is 31.2 Å². The number of nitrogens with zero attached hydrogens (tertiary/aromatic N) is 2. The summed E-state index contributed by atoms with van der Waals surface area (Å²) in [6, 6.07) is 11.3. The van der Waals surface area contributed by atoms with E-state index in [4.69, 9.17) is 0 Å². The summed E-state index contributed by atoms with van der Waals surface area (Å²) in [6.45, 7) is 3.52. The zero-order valence-electron chi connectivity index (χ0n) is 14.5. The Morgan fingerprint density at radius 3 is 2.58 bits per heavy atom. The molecule has 1 saturated heterocycles. The maximum Gasteiger partial charge on any atom is 0.191 e. The van der Waals surface area contributed by atoms with Gasteiger partial charge in [0.05, 0.1) is 0 Å². The predicted octanol–water partition coefficient (Wildman–Crippen LogP) is 3.10. The topological polar surface area (TPSA) is 39.7 Å². The molecule has 24 heavy (non-hydrogen) atoms. The van der Waals surface area contributed by atoms with Crippen LogP contribution in [0.25, 0.3) is 0 Å². The molecule has 5 heteroatoms. The first kappa shape index (κ1) is 16.4. The summed E-state index contributed by atoms with van der Waals surface area (Å²) in [6.07, 6.45) is 5.19. The Bertz CT molecular complexity index is 610. The van der Waals surface area contributed by atoms with Gasteiger partial charge in [0.25, 0.3) is 0 Å². The van der Waals surface area contributed by atoms with Crippen LogP contribution in [0.2, 0.25) is 0 Å². The first-order valence-corrected chi connectivity index (χ1v) is 9.94. The molecule has 130 valence electrons. The van der Waals surface area contributed by atoms with Gasteiger partial charge in [-0.1, -0.05) is 28.1 Å². The van der Waals surface area contributed by atoms with Gasteiger partial charge in [-0.2, -0.15) is 0 Å². The SMILES string of the molecule is CN=C(NC1CC(C)N(C2CC2)C1)NC1CC1c1ccc(Br)cc1. The average Bonchev–Trinajstić information content (AvgIpc) is 3.48. The van der Waals surface area contributed by atoms with Crippen LogP contribution in [0.3, 0.4) is 0 Å². The van der Waals surface area contributed by atoms with Crippen molar-refractivity contribution in [1.82, 2.24) is 15.5 Å². The number of aliphatic imine (C=N–C) groups is 1. The molecular weight excluding hydrogens is 364 g/mol. The van der Waals surface area contributed by atoms with Crippen molar-refractivity contribution in [3.8, 4) is 0 Å². The van der Waals surface area contributed by atoms with E-state index in [0.29, 0.717) is 24.0 Å². The molecule has 0 amide bonds. The molecule has 0 bridgehead atoms. The van der Waals surface area contributed by atoms with E-state index in [2.05, 4.69) is 67.6 Å². The molecule has 2 aliphatic carbocycles. The highest BCUT2D eigenvalue weighted by molar-refractivity contribution is 9.10. The highest BCUT2D eigenvalue weighted by atomic mass is 79.9. The zero-order valence-corrected chi connectivity index (χ0v) is 16.1. The van der Waals surface area contributed by atoms with Crippen LogP contribution in [0.15, 0.2) is 33.7 Å². The van der Waals surface area contributed by atoms with Crippen molar-refractivity contribution in [2.24, 2.45) is 4.99 Å². The quantitative estimate of drug-likeness (QED) is 0.612. The minimum Gasteiger partial charge on any atom is -0.353 e. The van der Waals surface area contributed by atoms with Gasteiger partial charge in [-0.15, -0.1) is 0 Å². The van der Waals surface area contributed by atoms with Gasteiger partial charge in [0, 0.05) is 48.2 Å². The monoisotopic (exact) mass is 390 g/mol. The van der Waals surface area contributed by atoms with Crippen LogP contribution >= 0.6 is 15.9 Å². The van der Waals surface area contributed by atoms with E-state index >= 15 is 0 Å². The molecule has 4 rings (SSSR count). The van der Waals surface area contributed by atoms with Crippen LogP contribution in [-0.4, -0.2) is 48.6 Å². The Morgan fingerprint density at radius 2 is 1.92 bits per heavy atom. The van der Waals surface area contributed by atoms with Gasteiger partial charge in [0.15, 0.2) is 5.96 Å². The van der Waals surface area contributed by atoms with Gasteiger partial charge < -0.3 is 10.6 Å². The van der Waals surface area contributed by atoms with Gasteiger partial charge >= 0.3 is 0 Å². The Labute approximate surface area is 153 Å². The van der Waals surface area contributed by atoms with Gasteiger partial charge in [-0.05, 0) is 50.3 Å². The van der Waals surface area contributed by atoms with Gasteiger partial charge in [-0.3, -0.25) is 9.89 Å². The van der Waals surface area contributed by atoms with E-state index in [1.807, 2.05) is 7.05 Å². The van der Waals surface area contributed by atoms with Gasteiger partial charge in [-0.25, -0.2) is 0 Å². The van der Waals surface area contributed by atoms with Crippen LogP contribution < -0.4 is 10.6 Å². The first-order valence-electron chi connectivity index (χ1n) is 9.15. The second-order valence-electron chi connectivity index (χ2n) is 7.57. The normalized spacial score (nSPS) is 33.5. The fourth-order valence-electron chi connectivity index (χ4n) is 4.05. The number of halogens is 1. The third-order valence-electron chi connectivity index (χ3n) is 5.61. The largest absolute Gasteiger partial charge is 0.353 e. The average molecular weight is 391 g/mol. The Hall–Kier alpha value is -1.07. The lowest BCUT2D eigenvalue weighted by Crippen LogP contribution is -2.45. The number of guanidine groups is 1. The van der Waals surface area contributed by atoms with Crippen molar-refractivity contribution in [3.63, 3.8) is 0 Å². The molecule has 4 atom stereocenters. The molecule has 1 heterocycles. The molecule has 1 aromatic carbocycles. The maximum atomic E-state index is 4.45. The molecule has 0 radical (unpaired) electrons. The Balaban J connectivity index is 1.29. The molecular formula is C19H27BrN4. The van der Waals surface area contributed by atoms with Gasteiger partial charge in [0.1, 0.15) is 0 Å². The molecule has 4 unspecified atom stereocenters. The summed E-state index contributed by atoms with van der Waals surface area (Å²) >= 11 is 3.51. The molecule has 3 aliphatic rings. The van der Waals surface area contributed by atoms with Crippen molar-refractivity contribution < 1.29 is 0 Å². The molecule has 0 spiro atoms. The van der Waals surface area contributed by atoms with Crippen molar-refractivity contribution >= 4 is 21.9 Å². The Morgan fingerprint density at radius 1 is 1.17 bits per heavy atom. The molecule has 1 aromatic rings. The van der Waals surface area contributed by atoms with E-state index < -0.39 is 0 Å². The fraction of sp³-hybridized carbons (Fsp3) is 0.632. The smallest absolute Gasteiger partial charge is 0.191 e. The van der Waals surface area contributed by atoms with Crippen LogP contribution in [0.1, 0.15) is 44.1 Å². The summed E-state index contributed by atoms with van der Waals surface area (Å²) in [5.74, 6) is 1.58. The molecule has 0 aromatic heterocycles. The summed E-state index contributed by atoms with van der Waals surface area (Å²) in [5, 5.41) is 7.26. The van der Waals surface area contributed by atoms with Crippen molar-refractivity contribution in [3.05, 3.63) is 34.3 Å². The Kier molecular flexibility index (Phi) is 4.56. The summed E-state index contributed by atoms with van der Waals surface area (Å²) in [5.41, 5.74) is 1.42. The molecule has 3 fully saturated rings. The number of benzene rings is 1. The number of likely N-dealkylation sites (tertiary alicyclic amines) is 1. The van der Waals surface area contributed by atoms with Crippen LogP contribution in [-0.2, 0) is 0 Å². The standard InChI is InChI=1S/C19H27BrN4/c1-12-9-15(11-24(12)16-7-8-16)22-19(21-2)23-18-10-17(18)13-3-5-14(20)6-4-13/h3-6,12,15-18H,7-11H2,1-2H3,(H2,21,22,23). The molecule has 4 nitrogen and oxygen atoms in total. The minimum absolute atomic E-state index is 0.510. The summed E-state index contributed by atoms with van der Waals surface area (Å²) < 4.78 is 1.14. The van der Waals surface area contributed by atoms with Crippen molar-refractivity contribution in [2.45, 2.75) is 62.7 Å². The zero-order chi connectivity index (χ0) is 16.7. The number of hydrogen-bond acceptors (Lipinski definition) is 2. The molecule has 1 aliphatic heterocycles. The van der Waals surface area contributed by atoms with Crippen LogP contribution in [0.4, 0.5) is 0 Å². The fourth-order valence-corrected chi connectivity index (χ4v) is 4.31. The number of nitrogens with one attached hydrogen (secondary N) is 2. The van der Waals surface area contributed by atoms with E-state index in [-0.39, 0.29) is 0 Å². The molecule has 2 saturated carbocycles. The van der Waals surface area contributed by atoms with Crippen molar-refractivity contribution in [2.75, 3.05) is 13.6 Å². The summed E-state index contributed by atoms with van der Waals surface area (Å²) in [4.78, 5) is 7.13. The van der Waals surface area contributed by atoms with Gasteiger partial charge in [0.2, 0.25) is 0 Å². The summed E-state index contributed by atoms with van der Waals surface area (Å²) in [7, 11) is 1.88. The number of hydrogen-bond donors (Lipinski definition) is 2.